The molecule has 2 fully saturated rings. The van der Waals surface area contributed by atoms with Crippen molar-refractivity contribution < 1.29 is 22.7 Å². The fourth-order valence-corrected chi connectivity index (χ4v) is 5.68. The number of amides is 1. The Morgan fingerprint density at radius 1 is 1.06 bits per heavy atom. The molecule has 34 heavy (non-hydrogen) atoms. The van der Waals surface area contributed by atoms with E-state index in [9.17, 15) is 13.2 Å². The Hall–Kier alpha value is -2.46. The molecule has 2 aliphatic rings. The first-order chi connectivity index (χ1) is 16.4. The molecule has 2 aliphatic heterocycles. The van der Waals surface area contributed by atoms with Gasteiger partial charge in [-0.25, -0.2) is 8.42 Å². The van der Waals surface area contributed by atoms with E-state index in [-0.39, 0.29) is 16.8 Å². The van der Waals surface area contributed by atoms with Gasteiger partial charge in [0.1, 0.15) is 0 Å². The molecule has 184 valence electrons. The highest BCUT2D eigenvalue weighted by atomic mass is 32.2. The molecule has 8 nitrogen and oxygen atoms in total. The van der Waals surface area contributed by atoms with Gasteiger partial charge < -0.3 is 14.8 Å². The number of hydrogen-bond donors (Lipinski definition) is 1. The number of carbonyl (C=O) groups excluding carboxylic acids is 1. The Morgan fingerprint density at radius 3 is 2.35 bits per heavy atom. The van der Waals surface area contributed by atoms with Gasteiger partial charge in [-0.15, -0.1) is 0 Å². The van der Waals surface area contributed by atoms with Crippen LogP contribution in [0.1, 0.15) is 22.3 Å². The Kier molecular flexibility index (Phi) is 7.88. The summed E-state index contributed by atoms with van der Waals surface area (Å²) in [6, 6.07) is 13.6. The van der Waals surface area contributed by atoms with Crippen LogP contribution in [0.2, 0.25) is 0 Å². The first kappa shape index (κ1) is 24.7. The number of ether oxygens (including phenoxy) is 2. The molecule has 1 N–H and O–H groups in total. The second-order valence-electron chi connectivity index (χ2n) is 8.88. The van der Waals surface area contributed by atoms with Crippen molar-refractivity contribution in [2.24, 2.45) is 5.92 Å². The van der Waals surface area contributed by atoms with Crippen LogP contribution in [0.15, 0.2) is 53.4 Å². The van der Waals surface area contributed by atoms with E-state index in [1.54, 1.807) is 48.5 Å². The van der Waals surface area contributed by atoms with Crippen LogP contribution in [-0.2, 0) is 19.5 Å². The molecule has 0 bridgehead atoms. The van der Waals surface area contributed by atoms with Crippen LogP contribution >= 0.6 is 0 Å². The van der Waals surface area contributed by atoms with E-state index in [0.717, 1.165) is 31.7 Å². The van der Waals surface area contributed by atoms with E-state index in [4.69, 9.17) is 9.47 Å². The highest BCUT2D eigenvalue weighted by molar-refractivity contribution is 7.92. The van der Waals surface area contributed by atoms with Crippen molar-refractivity contribution in [1.29, 1.82) is 0 Å². The average molecular weight is 488 g/mol. The van der Waals surface area contributed by atoms with E-state index < -0.39 is 10.0 Å². The van der Waals surface area contributed by atoms with Crippen LogP contribution in [-0.4, -0.2) is 78.4 Å². The maximum Gasteiger partial charge on any atom is 0.264 e. The third kappa shape index (κ3) is 5.60. The van der Waals surface area contributed by atoms with Crippen molar-refractivity contribution >= 4 is 21.6 Å². The zero-order valence-electron chi connectivity index (χ0n) is 19.8. The van der Waals surface area contributed by atoms with Gasteiger partial charge in [0.05, 0.1) is 30.4 Å². The Morgan fingerprint density at radius 2 is 1.74 bits per heavy atom. The van der Waals surface area contributed by atoms with Crippen LogP contribution in [0.5, 0.6) is 0 Å². The van der Waals surface area contributed by atoms with E-state index in [1.165, 1.54) is 11.4 Å². The highest BCUT2D eigenvalue weighted by Crippen LogP contribution is 2.24. The van der Waals surface area contributed by atoms with Crippen molar-refractivity contribution in [3.8, 4) is 0 Å². The van der Waals surface area contributed by atoms with Crippen LogP contribution in [0.3, 0.4) is 0 Å². The minimum absolute atomic E-state index is 0.173. The summed E-state index contributed by atoms with van der Waals surface area (Å²) in [5.74, 6) is 0.217. The molecule has 0 spiro atoms. The Labute approximate surface area is 201 Å². The fraction of sp³-hybridized carbons (Fsp3) is 0.480. The second-order valence-corrected chi connectivity index (χ2v) is 10.9. The van der Waals surface area contributed by atoms with Crippen LogP contribution in [0, 0.1) is 12.8 Å². The number of rotatable bonds is 8. The standard InChI is InChI=1S/C25H33N3O5S/c1-19-3-9-23(10-4-19)34(30,31)27(2)22-7-5-20(6-8-22)25(29)26-17-24(21-11-14-33-18-21)28-12-15-32-16-13-28/h3-10,21,24H,11-18H2,1-2H3,(H,26,29). The van der Waals surface area contributed by atoms with E-state index >= 15 is 0 Å². The summed E-state index contributed by atoms with van der Waals surface area (Å²) in [7, 11) is -2.17. The molecule has 2 unspecified atom stereocenters. The van der Waals surface area contributed by atoms with Gasteiger partial charge in [-0.3, -0.25) is 14.0 Å². The van der Waals surface area contributed by atoms with Crippen molar-refractivity contribution in [1.82, 2.24) is 10.2 Å². The summed E-state index contributed by atoms with van der Waals surface area (Å²) in [6.07, 6.45) is 0.994. The van der Waals surface area contributed by atoms with Crippen molar-refractivity contribution in [3.63, 3.8) is 0 Å². The zero-order chi connectivity index (χ0) is 24.1. The van der Waals surface area contributed by atoms with Gasteiger partial charge in [0, 0.05) is 50.8 Å². The molecule has 0 saturated carbocycles. The molecule has 0 radical (unpaired) electrons. The van der Waals surface area contributed by atoms with Gasteiger partial charge in [-0.1, -0.05) is 17.7 Å². The smallest absolute Gasteiger partial charge is 0.264 e. The molecule has 4 rings (SSSR count). The molecule has 2 heterocycles. The molecule has 2 saturated heterocycles. The number of nitrogens with zero attached hydrogens (tertiary/aromatic N) is 2. The summed E-state index contributed by atoms with van der Waals surface area (Å²) < 4.78 is 38.2. The van der Waals surface area contributed by atoms with E-state index in [1.807, 2.05) is 6.92 Å². The Bertz CT molecular complexity index is 1060. The van der Waals surface area contributed by atoms with Crippen LogP contribution < -0.4 is 9.62 Å². The zero-order valence-corrected chi connectivity index (χ0v) is 20.6. The maximum absolute atomic E-state index is 12.9. The molecule has 0 aliphatic carbocycles. The molecular formula is C25H33N3O5S. The fourth-order valence-electron chi connectivity index (χ4n) is 4.49. The van der Waals surface area contributed by atoms with E-state index in [0.29, 0.717) is 43.5 Å². The largest absolute Gasteiger partial charge is 0.381 e. The number of carbonyl (C=O) groups is 1. The predicted octanol–water partition coefficient (Wildman–Crippen LogP) is 2.29. The summed E-state index contributed by atoms with van der Waals surface area (Å²) in [4.78, 5) is 15.5. The third-order valence-corrected chi connectivity index (χ3v) is 8.47. The summed E-state index contributed by atoms with van der Waals surface area (Å²) in [6.45, 7) is 7.05. The van der Waals surface area contributed by atoms with Crippen molar-refractivity contribution in [3.05, 3.63) is 59.7 Å². The van der Waals surface area contributed by atoms with Crippen LogP contribution in [0.25, 0.3) is 0 Å². The molecule has 2 aromatic rings. The number of hydrogen-bond acceptors (Lipinski definition) is 6. The van der Waals surface area contributed by atoms with Crippen molar-refractivity contribution in [2.75, 3.05) is 57.4 Å². The van der Waals surface area contributed by atoms with Gasteiger partial charge in [0.2, 0.25) is 0 Å². The maximum atomic E-state index is 12.9. The molecule has 9 heteroatoms. The van der Waals surface area contributed by atoms with E-state index in [2.05, 4.69) is 10.2 Å². The monoisotopic (exact) mass is 487 g/mol. The lowest BCUT2D eigenvalue weighted by atomic mass is 9.96. The Balaban J connectivity index is 1.40. The van der Waals surface area contributed by atoms with Gasteiger partial charge in [-0.2, -0.15) is 0 Å². The first-order valence-corrected chi connectivity index (χ1v) is 13.1. The van der Waals surface area contributed by atoms with Gasteiger partial charge in [-0.05, 0) is 49.7 Å². The third-order valence-electron chi connectivity index (χ3n) is 6.67. The molecule has 1 amide bonds. The predicted molar refractivity (Wildman–Crippen MR) is 131 cm³/mol. The number of sulfonamides is 1. The quantitative estimate of drug-likeness (QED) is 0.615. The molecule has 0 aromatic heterocycles. The summed E-state index contributed by atoms with van der Waals surface area (Å²) in [5.41, 5.74) is 1.98. The second kappa shape index (κ2) is 10.9. The minimum atomic E-state index is -3.68. The van der Waals surface area contributed by atoms with Gasteiger partial charge in [0.25, 0.3) is 15.9 Å². The normalized spacial score (nSPS) is 20.1. The number of anilines is 1. The van der Waals surface area contributed by atoms with Gasteiger partial charge in [0.15, 0.2) is 0 Å². The highest BCUT2D eigenvalue weighted by Gasteiger charge is 2.32. The number of morpholine rings is 1. The van der Waals surface area contributed by atoms with Crippen LogP contribution in [0.4, 0.5) is 5.69 Å². The van der Waals surface area contributed by atoms with Crippen molar-refractivity contribution in [2.45, 2.75) is 24.3 Å². The molecule has 2 atom stereocenters. The topological polar surface area (TPSA) is 88.2 Å². The summed E-state index contributed by atoms with van der Waals surface area (Å²) >= 11 is 0. The summed E-state index contributed by atoms with van der Waals surface area (Å²) in [5, 5.41) is 3.07. The number of nitrogens with one attached hydrogen (secondary N) is 1. The minimum Gasteiger partial charge on any atom is -0.381 e. The number of benzene rings is 2. The first-order valence-electron chi connectivity index (χ1n) is 11.7. The number of aryl methyl sites for hydroxylation is 1. The lowest BCUT2D eigenvalue weighted by Gasteiger charge is -2.37. The lowest BCUT2D eigenvalue weighted by molar-refractivity contribution is 0.00166. The lowest BCUT2D eigenvalue weighted by Crippen LogP contribution is -2.52. The molecular weight excluding hydrogens is 454 g/mol. The molecule has 2 aromatic carbocycles. The average Bonchev–Trinajstić information content (AvgIpc) is 3.39. The SMILES string of the molecule is Cc1ccc(S(=O)(=O)N(C)c2ccc(C(=O)NCC(C3CCOC3)N3CCOCC3)cc2)cc1. The van der Waals surface area contributed by atoms with Gasteiger partial charge >= 0.3 is 0 Å².